The fourth-order valence-electron chi connectivity index (χ4n) is 1.28. The number of nitrogens with zero attached hydrogens (tertiary/aromatic N) is 1. The minimum atomic E-state index is 0.528. The van der Waals surface area contributed by atoms with E-state index in [-0.39, 0.29) is 0 Å². The van der Waals surface area contributed by atoms with Gasteiger partial charge in [-0.15, -0.1) is 0 Å². The van der Waals surface area contributed by atoms with Crippen molar-refractivity contribution in [3.8, 4) is 0 Å². The lowest BCUT2D eigenvalue weighted by Gasteiger charge is -2.02. The predicted octanol–water partition coefficient (Wildman–Crippen LogP) is 3.71. The van der Waals surface area contributed by atoms with E-state index in [1.165, 1.54) is 5.56 Å². The molecule has 0 radical (unpaired) electrons. The number of rotatable bonds is 1. The molecule has 0 fully saturated rings. The Balaban J connectivity index is 2.61. The Kier molecular flexibility index (Phi) is 2.12. The molecule has 0 aliphatic carbocycles. The molecule has 0 saturated carbocycles. The summed E-state index contributed by atoms with van der Waals surface area (Å²) in [6.07, 6.45) is 0. The summed E-state index contributed by atoms with van der Waals surface area (Å²) < 4.78 is 5.31. The third-order valence-corrected chi connectivity index (χ3v) is 2.39. The van der Waals surface area contributed by atoms with Gasteiger partial charge in [-0.05, 0) is 23.6 Å². The molecule has 1 aromatic carbocycles. The van der Waals surface area contributed by atoms with E-state index in [4.69, 9.17) is 4.42 Å². The number of hydrogen-bond acceptors (Lipinski definition) is 2. The van der Waals surface area contributed by atoms with Gasteiger partial charge in [-0.3, -0.25) is 0 Å². The first-order valence-corrected chi connectivity index (χ1v) is 5.02. The molecule has 2 aromatic rings. The van der Waals surface area contributed by atoms with Crippen molar-refractivity contribution in [2.24, 2.45) is 0 Å². The molecule has 1 heterocycles. The predicted molar refractivity (Wildman–Crippen MR) is 55.8 cm³/mol. The standard InChI is InChI=1S/C10H10BrNO/c1-6(2)7-3-4-9-8(5-7)12-10(11)13-9/h3-6H,1-2H3. The van der Waals surface area contributed by atoms with Gasteiger partial charge in [0.15, 0.2) is 5.58 Å². The molecule has 68 valence electrons. The molecule has 0 atom stereocenters. The third-order valence-electron chi connectivity index (χ3n) is 2.05. The minimum Gasteiger partial charge on any atom is -0.431 e. The van der Waals surface area contributed by atoms with Crippen LogP contribution >= 0.6 is 15.9 Å². The Morgan fingerprint density at radius 2 is 2.15 bits per heavy atom. The summed E-state index contributed by atoms with van der Waals surface area (Å²) >= 11 is 3.21. The summed E-state index contributed by atoms with van der Waals surface area (Å²) in [6, 6.07) is 6.10. The minimum absolute atomic E-state index is 0.528. The first-order chi connectivity index (χ1) is 6.16. The van der Waals surface area contributed by atoms with Crippen molar-refractivity contribution in [3.05, 3.63) is 28.6 Å². The van der Waals surface area contributed by atoms with E-state index in [1.54, 1.807) is 0 Å². The lowest BCUT2D eigenvalue weighted by atomic mass is 10.0. The zero-order valence-electron chi connectivity index (χ0n) is 7.54. The lowest BCUT2D eigenvalue weighted by Crippen LogP contribution is -1.85. The van der Waals surface area contributed by atoms with Crippen LogP contribution in [0.15, 0.2) is 27.4 Å². The topological polar surface area (TPSA) is 26.0 Å². The van der Waals surface area contributed by atoms with Crippen LogP contribution in [0, 0.1) is 0 Å². The van der Waals surface area contributed by atoms with Gasteiger partial charge >= 0.3 is 0 Å². The normalized spacial score (nSPS) is 11.4. The fourth-order valence-corrected chi connectivity index (χ4v) is 1.64. The van der Waals surface area contributed by atoms with Gasteiger partial charge in [-0.25, -0.2) is 4.98 Å². The highest BCUT2D eigenvalue weighted by molar-refractivity contribution is 9.10. The van der Waals surface area contributed by atoms with Gasteiger partial charge in [0.25, 0.3) is 4.80 Å². The Hall–Kier alpha value is -0.830. The van der Waals surface area contributed by atoms with Crippen LogP contribution in [-0.2, 0) is 0 Å². The smallest absolute Gasteiger partial charge is 0.265 e. The molecule has 0 saturated heterocycles. The molecule has 0 spiro atoms. The first-order valence-electron chi connectivity index (χ1n) is 4.23. The van der Waals surface area contributed by atoms with Crippen molar-refractivity contribution in [3.63, 3.8) is 0 Å². The number of aromatic nitrogens is 1. The van der Waals surface area contributed by atoms with Crippen molar-refractivity contribution in [1.82, 2.24) is 4.98 Å². The number of benzene rings is 1. The van der Waals surface area contributed by atoms with Crippen LogP contribution in [-0.4, -0.2) is 4.98 Å². The third kappa shape index (κ3) is 1.61. The van der Waals surface area contributed by atoms with E-state index in [9.17, 15) is 0 Å². The number of fused-ring (bicyclic) bond motifs is 1. The zero-order chi connectivity index (χ0) is 9.42. The van der Waals surface area contributed by atoms with Gasteiger partial charge in [-0.2, -0.15) is 0 Å². The molecule has 0 bridgehead atoms. The van der Waals surface area contributed by atoms with Gasteiger partial charge in [0.1, 0.15) is 5.52 Å². The van der Waals surface area contributed by atoms with E-state index in [2.05, 4.69) is 46.9 Å². The SMILES string of the molecule is CC(C)c1ccc2oc(Br)nc2c1. The van der Waals surface area contributed by atoms with Gasteiger partial charge in [-0.1, -0.05) is 19.9 Å². The average molecular weight is 240 g/mol. The second-order valence-electron chi connectivity index (χ2n) is 3.35. The molecule has 0 aliphatic heterocycles. The molecule has 0 amide bonds. The molecule has 2 nitrogen and oxygen atoms in total. The molecule has 2 rings (SSSR count). The average Bonchev–Trinajstić information content (AvgIpc) is 2.42. The maximum Gasteiger partial charge on any atom is 0.265 e. The summed E-state index contributed by atoms with van der Waals surface area (Å²) in [4.78, 5) is 4.75. The monoisotopic (exact) mass is 239 g/mol. The largest absolute Gasteiger partial charge is 0.431 e. The summed E-state index contributed by atoms with van der Waals surface area (Å²) in [5.41, 5.74) is 3.03. The van der Waals surface area contributed by atoms with Crippen LogP contribution in [0.3, 0.4) is 0 Å². The van der Waals surface area contributed by atoms with E-state index in [0.717, 1.165) is 11.1 Å². The van der Waals surface area contributed by atoms with E-state index < -0.39 is 0 Å². The van der Waals surface area contributed by atoms with Crippen LogP contribution in [0.1, 0.15) is 25.3 Å². The lowest BCUT2D eigenvalue weighted by molar-refractivity contribution is 0.570. The summed E-state index contributed by atoms with van der Waals surface area (Å²) in [5.74, 6) is 0.528. The second kappa shape index (κ2) is 3.14. The zero-order valence-corrected chi connectivity index (χ0v) is 9.13. The summed E-state index contributed by atoms with van der Waals surface area (Å²) in [6.45, 7) is 4.33. The molecule has 0 unspecified atom stereocenters. The highest BCUT2D eigenvalue weighted by Gasteiger charge is 2.05. The van der Waals surface area contributed by atoms with E-state index in [0.29, 0.717) is 10.7 Å². The molecule has 13 heavy (non-hydrogen) atoms. The molecule has 0 N–H and O–H groups in total. The van der Waals surface area contributed by atoms with Crippen molar-refractivity contribution in [1.29, 1.82) is 0 Å². The summed E-state index contributed by atoms with van der Waals surface area (Å²) in [7, 11) is 0. The maximum atomic E-state index is 5.31. The molecule has 3 heteroatoms. The van der Waals surface area contributed by atoms with Gasteiger partial charge in [0, 0.05) is 15.9 Å². The van der Waals surface area contributed by atoms with Crippen LogP contribution in [0.5, 0.6) is 0 Å². The quantitative estimate of drug-likeness (QED) is 0.759. The van der Waals surface area contributed by atoms with E-state index >= 15 is 0 Å². The first kappa shape index (κ1) is 8.75. The Morgan fingerprint density at radius 1 is 1.38 bits per heavy atom. The highest BCUT2D eigenvalue weighted by atomic mass is 79.9. The van der Waals surface area contributed by atoms with Gasteiger partial charge in [0.2, 0.25) is 0 Å². The van der Waals surface area contributed by atoms with Crippen molar-refractivity contribution in [2.75, 3.05) is 0 Å². The maximum absolute atomic E-state index is 5.31. The van der Waals surface area contributed by atoms with Crippen molar-refractivity contribution < 1.29 is 4.42 Å². The Morgan fingerprint density at radius 3 is 2.85 bits per heavy atom. The number of oxazole rings is 1. The second-order valence-corrected chi connectivity index (χ2v) is 4.03. The van der Waals surface area contributed by atoms with Crippen LogP contribution in [0.25, 0.3) is 11.1 Å². The molecular weight excluding hydrogens is 230 g/mol. The number of hydrogen-bond donors (Lipinski definition) is 0. The van der Waals surface area contributed by atoms with Crippen LogP contribution in [0.4, 0.5) is 0 Å². The van der Waals surface area contributed by atoms with Gasteiger partial charge < -0.3 is 4.42 Å². The molecule has 0 aliphatic rings. The summed E-state index contributed by atoms with van der Waals surface area (Å²) in [5, 5.41) is 0. The van der Waals surface area contributed by atoms with Crippen LogP contribution < -0.4 is 0 Å². The molecule has 1 aromatic heterocycles. The highest BCUT2D eigenvalue weighted by Crippen LogP contribution is 2.23. The molecular formula is C10H10BrNO. The fraction of sp³-hybridized carbons (Fsp3) is 0.300. The van der Waals surface area contributed by atoms with Crippen LogP contribution in [0.2, 0.25) is 0 Å². The Labute approximate surface area is 85.1 Å². The van der Waals surface area contributed by atoms with Crippen molar-refractivity contribution >= 4 is 27.0 Å². The van der Waals surface area contributed by atoms with E-state index in [1.807, 2.05) is 6.07 Å². The Bertz CT molecular complexity index is 433. The number of halogens is 1. The van der Waals surface area contributed by atoms with Gasteiger partial charge in [0.05, 0.1) is 0 Å². The van der Waals surface area contributed by atoms with Crippen molar-refractivity contribution in [2.45, 2.75) is 19.8 Å².